The largest absolute Gasteiger partial charge is 0.464 e. The van der Waals surface area contributed by atoms with Crippen LogP contribution < -0.4 is 0 Å². The van der Waals surface area contributed by atoms with Gasteiger partial charge in [0.25, 0.3) is 0 Å². The molecule has 0 radical (unpaired) electrons. The zero-order chi connectivity index (χ0) is 16.2. The lowest BCUT2D eigenvalue weighted by Crippen LogP contribution is -1.73. The molecule has 0 aliphatic heterocycles. The van der Waals surface area contributed by atoms with Crippen LogP contribution in [0.2, 0.25) is 0 Å². The Hall–Kier alpha value is -3.26. The topological polar surface area (TPSA) is 26.3 Å². The first-order valence-corrected chi connectivity index (χ1v) is 7.86. The maximum atomic E-state index is 5.60. The van der Waals surface area contributed by atoms with Gasteiger partial charge in [-0.15, -0.1) is 0 Å². The monoisotopic (exact) mass is 312 g/mol. The Morgan fingerprint density at radius 2 is 1.25 bits per heavy atom. The molecule has 3 aromatic carbocycles. The first-order valence-electron chi connectivity index (χ1n) is 7.86. The third-order valence-corrected chi connectivity index (χ3v) is 3.91. The molecular formula is C22H16O2. The highest BCUT2D eigenvalue weighted by Gasteiger charge is 2.06. The Labute approximate surface area is 140 Å². The van der Waals surface area contributed by atoms with Crippen LogP contribution in [-0.2, 0) is 0 Å². The normalized spacial score (nSPS) is 10.5. The molecule has 5 rings (SSSR count). The molecular weight excluding hydrogens is 296 g/mol. The summed E-state index contributed by atoms with van der Waals surface area (Å²) < 4.78 is 10.7. The van der Waals surface area contributed by atoms with Crippen LogP contribution in [0, 0.1) is 0 Å². The van der Waals surface area contributed by atoms with Gasteiger partial charge in [0.15, 0.2) is 0 Å². The van der Waals surface area contributed by atoms with E-state index in [1.165, 1.54) is 5.39 Å². The molecule has 2 nitrogen and oxygen atoms in total. The first kappa shape index (κ1) is 14.3. The van der Waals surface area contributed by atoms with Crippen molar-refractivity contribution in [2.45, 2.75) is 0 Å². The summed E-state index contributed by atoms with van der Waals surface area (Å²) in [6, 6.07) is 28.3. The maximum Gasteiger partial charge on any atom is 0.141 e. The Kier molecular flexibility index (Phi) is 3.86. The number of para-hydroxylation sites is 1. The van der Waals surface area contributed by atoms with Crippen molar-refractivity contribution < 1.29 is 8.83 Å². The lowest BCUT2D eigenvalue weighted by Gasteiger charge is -1.96. The lowest BCUT2D eigenvalue weighted by molar-refractivity contribution is 0.587. The van der Waals surface area contributed by atoms with Gasteiger partial charge in [-0.3, -0.25) is 0 Å². The van der Waals surface area contributed by atoms with E-state index in [1.54, 1.807) is 12.5 Å². The van der Waals surface area contributed by atoms with Crippen LogP contribution in [0.4, 0.5) is 0 Å². The minimum Gasteiger partial charge on any atom is -0.464 e. The quantitative estimate of drug-likeness (QED) is 0.351. The molecule has 0 aliphatic rings. The first-order chi connectivity index (χ1) is 11.9. The minimum atomic E-state index is 0.950. The fourth-order valence-corrected chi connectivity index (χ4v) is 2.71. The van der Waals surface area contributed by atoms with Gasteiger partial charge in [0.1, 0.15) is 11.3 Å². The summed E-state index contributed by atoms with van der Waals surface area (Å²) in [6.45, 7) is 0. The lowest BCUT2D eigenvalue weighted by atomic mass is 10.1. The van der Waals surface area contributed by atoms with Crippen LogP contribution in [0.15, 0.2) is 106 Å². The molecule has 0 saturated heterocycles. The SMILES string of the molecule is c1ccc(-c2occ3ccccc23)cc1.c1ccc2occc2c1. The highest BCUT2D eigenvalue weighted by atomic mass is 16.3. The van der Waals surface area contributed by atoms with E-state index < -0.39 is 0 Å². The fraction of sp³-hybridized carbons (Fsp3) is 0. The molecule has 0 saturated carbocycles. The number of fused-ring (bicyclic) bond motifs is 2. The highest BCUT2D eigenvalue weighted by molar-refractivity contribution is 5.93. The van der Waals surface area contributed by atoms with Crippen molar-refractivity contribution in [3.05, 3.63) is 97.5 Å². The summed E-state index contributed by atoms with van der Waals surface area (Å²) in [5, 5.41) is 3.48. The minimum absolute atomic E-state index is 0.950. The van der Waals surface area contributed by atoms with Crippen LogP contribution in [0.25, 0.3) is 33.1 Å². The van der Waals surface area contributed by atoms with Gasteiger partial charge in [-0.2, -0.15) is 0 Å². The molecule has 0 spiro atoms. The van der Waals surface area contributed by atoms with Crippen LogP contribution in [0.3, 0.4) is 0 Å². The summed E-state index contributed by atoms with van der Waals surface area (Å²) in [5.74, 6) is 0.950. The molecule has 2 heteroatoms. The van der Waals surface area contributed by atoms with E-state index in [0.717, 1.165) is 27.7 Å². The average molecular weight is 312 g/mol. The van der Waals surface area contributed by atoms with E-state index in [1.807, 2.05) is 60.7 Å². The van der Waals surface area contributed by atoms with Crippen molar-refractivity contribution in [2.24, 2.45) is 0 Å². The molecule has 5 aromatic rings. The van der Waals surface area contributed by atoms with Crippen molar-refractivity contribution in [3.63, 3.8) is 0 Å². The summed E-state index contributed by atoms with van der Waals surface area (Å²) >= 11 is 0. The zero-order valence-corrected chi connectivity index (χ0v) is 13.1. The van der Waals surface area contributed by atoms with E-state index in [9.17, 15) is 0 Å². The van der Waals surface area contributed by atoms with Gasteiger partial charge in [-0.25, -0.2) is 0 Å². The van der Waals surface area contributed by atoms with Crippen molar-refractivity contribution in [1.82, 2.24) is 0 Å². The third-order valence-electron chi connectivity index (χ3n) is 3.91. The second-order valence-electron chi connectivity index (χ2n) is 5.48. The van der Waals surface area contributed by atoms with Crippen molar-refractivity contribution in [3.8, 4) is 11.3 Å². The molecule has 0 atom stereocenters. The van der Waals surface area contributed by atoms with Gasteiger partial charge >= 0.3 is 0 Å². The van der Waals surface area contributed by atoms with Crippen LogP contribution in [-0.4, -0.2) is 0 Å². The molecule has 0 bridgehead atoms. The molecule has 0 aliphatic carbocycles. The Balaban J connectivity index is 0.000000138. The molecule has 116 valence electrons. The average Bonchev–Trinajstić information content (AvgIpc) is 3.30. The zero-order valence-electron chi connectivity index (χ0n) is 13.1. The van der Waals surface area contributed by atoms with Gasteiger partial charge in [0.2, 0.25) is 0 Å². The van der Waals surface area contributed by atoms with Gasteiger partial charge in [0, 0.05) is 21.7 Å². The third kappa shape index (κ3) is 2.82. The second-order valence-corrected chi connectivity index (χ2v) is 5.48. The van der Waals surface area contributed by atoms with E-state index >= 15 is 0 Å². The van der Waals surface area contributed by atoms with E-state index in [2.05, 4.69) is 24.3 Å². The molecule has 0 amide bonds. The summed E-state index contributed by atoms with van der Waals surface area (Å²) in [7, 11) is 0. The second kappa shape index (κ2) is 6.47. The number of hydrogen-bond donors (Lipinski definition) is 0. The smallest absolute Gasteiger partial charge is 0.141 e. The van der Waals surface area contributed by atoms with Gasteiger partial charge < -0.3 is 8.83 Å². The van der Waals surface area contributed by atoms with Crippen LogP contribution in [0.1, 0.15) is 0 Å². The molecule has 0 unspecified atom stereocenters. The fourth-order valence-electron chi connectivity index (χ4n) is 2.71. The molecule has 0 fully saturated rings. The van der Waals surface area contributed by atoms with E-state index in [4.69, 9.17) is 8.83 Å². The van der Waals surface area contributed by atoms with Crippen molar-refractivity contribution in [2.75, 3.05) is 0 Å². The predicted octanol–water partition coefficient (Wildman–Crippen LogP) is 6.53. The van der Waals surface area contributed by atoms with Crippen molar-refractivity contribution >= 4 is 21.7 Å². The molecule has 2 aromatic heterocycles. The number of rotatable bonds is 1. The van der Waals surface area contributed by atoms with Crippen molar-refractivity contribution in [1.29, 1.82) is 0 Å². The summed E-state index contributed by atoms with van der Waals surface area (Å²) in [6.07, 6.45) is 3.50. The predicted molar refractivity (Wildman–Crippen MR) is 97.9 cm³/mol. The standard InChI is InChI=1S/C14H10O.C8H6O/c1-2-6-11(7-3-1)14-13-9-5-4-8-12(13)10-15-14;1-2-4-8-7(3-1)5-6-9-8/h1-10H;1-6H. The molecule has 0 N–H and O–H groups in total. The van der Waals surface area contributed by atoms with E-state index in [0.29, 0.717) is 0 Å². The summed E-state index contributed by atoms with van der Waals surface area (Å²) in [5.41, 5.74) is 2.08. The van der Waals surface area contributed by atoms with Gasteiger partial charge in [0.05, 0.1) is 12.5 Å². The Bertz CT molecular complexity index is 1020. The molecule has 2 heterocycles. The molecule has 24 heavy (non-hydrogen) atoms. The van der Waals surface area contributed by atoms with Gasteiger partial charge in [-0.1, -0.05) is 72.8 Å². The Morgan fingerprint density at radius 3 is 2.08 bits per heavy atom. The number of furan rings is 2. The van der Waals surface area contributed by atoms with Gasteiger partial charge in [-0.05, 0) is 12.1 Å². The highest BCUT2D eigenvalue weighted by Crippen LogP contribution is 2.29. The number of benzene rings is 3. The maximum absolute atomic E-state index is 5.60. The van der Waals surface area contributed by atoms with Crippen LogP contribution in [0.5, 0.6) is 0 Å². The Morgan fingerprint density at radius 1 is 0.542 bits per heavy atom. The van der Waals surface area contributed by atoms with Crippen LogP contribution >= 0.6 is 0 Å². The van der Waals surface area contributed by atoms with E-state index in [-0.39, 0.29) is 0 Å². The number of hydrogen-bond acceptors (Lipinski definition) is 2. The summed E-state index contributed by atoms with van der Waals surface area (Å²) in [4.78, 5) is 0.